The van der Waals surface area contributed by atoms with Crippen molar-refractivity contribution in [1.29, 1.82) is 0 Å². The predicted octanol–water partition coefficient (Wildman–Crippen LogP) is 6.07. The number of aliphatic hydroxyl groups excluding tert-OH is 1. The van der Waals surface area contributed by atoms with Gasteiger partial charge in [-0.15, -0.1) is 0 Å². The summed E-state index contributed by atoms with van der Waals surface area (Å²) in [5, 5.41) is 15.6. The molecule has 0 aromatic heterocycles. The van der Waals surface area contributed by atoms with Crippen LogP contribution in [0.1, 0.15) is 62.7 Å². The molecule has 17 nitrogen and oxygen atoms in total. The van der Waals surface area contributed by atoms with E-state index < -0.39 is 92.3 Å². The number of carbonyl (C=O) groups excluding carboxylic acids is 3. The summed E-state index contributed by atoms with van der Waals surface area (Å²) in [5.74, 6) is -2.46. The number of aliphatic hydroxyl groups is 1. The zero-order valence-electron chi connectivity index (χ0n) is 33.7. The number of hydrogen-bond donors (Lipinski definition) is 1. The number of unbranched alkanes of at least 4 members (excludes halogenated alkanes) is 1. The number of azide groups is 1. The van der Waals surface area contributed by atoms with Gasteiger partial charge in [-0.2, -0.15) is 0 Å². The van der Waals surface area contributed by atoms with Gasteiger partial charge in [0.15, 0.2) is 37.2 Å². The fourth-order valence-corrected chi connectivity index (χ4v) is 7.18. The number of ether oxygens (including phenoxy) is 10. The zero-order valence-corrected chi connectivity index (χ0v) is 33.7. The number of carbonyl (C=O) groups is 3. The Morgan fingerprint density at radius 2 is 1.26 bits per heavy atom. The number of hydrogen-bond acceptors (Lipinski definition) is 15. The summed E-state index contributed by atoms with van der Waals surface area (Å²) >= 11 is 0. The van der Waals surface area contributed by atoms with Crippen molar-refractivity contribution in [1.82, 2.24) is 0 Å². The van der Waals surface area contributed by atoms with Crippen LogP contribution >= 0.6 is 0 Å². The van der Waals surface area contributed by atoms with Gasteiger partial charge in [0.25, 0.3) is 0 Å². The molecule has 0 radical (unpaired) electrons. The Labute approximate surface area is 357 Å². The molecule has 3 aliphatic heterocycles. The second-order valence-electron chi connectivity index (χ2n) is 14.5. The molecule has 0 saturated carbocycles. The van der Waals surface area contributed by atoms with E-state index in [0.29, 0.717) is 18.6 Å². The van der Waals surface area contributed by atoms with Crippen LogP contribution in [0.3, 0.4) is 0 Å². The van der Waals surface area contributed by atoms with Crippen molar-refractivity contribution in [2.24, 2.45) is 5.11 Å². The molecule has 4 aromatic carbocycles. The zero-order chi connectivity index (χ0) is 43.3. The third-order valence-corrected chi connectivity index (χ3v) is 10.3. The van der Waals surface area contributed by atoms with Crippen molar-refractivity contribution < 1.29 is 66.9 Å². The van der Waals surface area contributed by atoms with Crippen LogP contribution in [-0.4, -0.2) is 111 Å². The van der Waals surface area contributed by atoms with Gasteiger partial charge in [0, 0.05) is 17.1 Å². The van der Waals surface area contributed by atoms with E-state index in [9.17, 15) is 19.5 Å². The maximum Gasteiger partial charge on any atom is 0.338 e. The lowest BCUT2D eigenvalue weighted by atomic mass is 9.95. The SMILES string of the molecule is CCCCOCC1OC(OCN=[N+]=[N-])C(OC(=O)c2ccccc2)C(OC(=O)c2ccccc2)C1OC1OC2COC(c3ccccc3)OC2C(O)C1OC(=O)c1ccccc1. The minimum atomic E-state index is -1.60. The summed E-state index contributed by atoms with van der Waals surface area (Å²) < 4.78 is 62.1. The molecule has 4 aromatic rings. The minimum Gasteiger partial charge on any atom is -0.452 e. The molecular formula is C45H47N3O14. The number of esters is 3. The van der Waals surface area contributed by atoms with E-state index in [1.54, 1.807) is 66.7 Å². The fraction of sp³-hybridized carbons (Fsp3) is 0.400. The van der Waals surface area contributed by atoms with Crippen LogP contribution in [0.5, 0.6) is 0 Å². The van der Waals surface area contributed by atoms with Gasteiger partial charge in [-0.25, -0.2) is 14.4 Å². The lowest BCUT2D eigenvalue weighted by Gasteiger charge is -2.50. The maximum atomic E-state index is 14.0. The average molecular weight is 854 g/mol. The second-order valence-corrected chi connectivity index (χ2v) is 14.5. The van der Waals surface area contributed by atoms with Gasteiger partial charge < -0.3 is 52.5 Å². The molecule has 0 aliphatic carbocycles. The summed E-state index contributed by atoms with van der Waals surface area (Å²) in [6.07, 6.45) is -13.4. The molecule has 3 heterocycles. The standard InChI is InChI=1S/C45H47N3O14/c1-2-3-24-53-25-32-36(38(59-41(51)29-18-10-5-11-19-29)39(44(56-32)55-27-47-48-46)60-42(52)30-20-12-6-13-21-30)62-45-37(58-40(50)28-16-8-4-9-17-28)34(49)35-33(57-45)26-54-43(61-35)31-22-14-7-15-23-31/h4-23,32-39,43-45,49H,2-3,24-27H2,1H3. The highest BCUT2D eigenvalue weighted by Gasteiger charge is 2.57. The molecule has 0 bridgehead atoms. The monoisotopic (exact) mass is 853 g/mol. The summed E-state index contributed by atoms with van der Waals surface area (Å²) in [6.45, 7) is 1.51. The Bertz CT molecular complexity index is 2100. The van der Waals surface area contributed by atoms with Crippen LogP contribution in [0.4, 0.5) is 0 Å². The van der Waals surface area contributed by atoms with Crippen molar-refractivity contribution in [2.45, 2.75) is 87.5 Å². The van der Waals surface area contributed by atoms with Crippen LogP contribution in [0, 0.1) is 0 Å². The van der Waals surface area contributed by atoms with E-state index in [1.807, 2.05) is 37.3 Å². The van der Waals surface area contributed by atoms with E-state index in [0.717, 1.165) is 6.42 Å². The molecule has 62 heavy (non-hydrogen) atoms. The van der Waals surface area contributed by atoms with Gasteiger partial charge in [0.05, 0.1) is 29.9 Å². The van der Waals surface area contributed by atoms with Crippen molar-refractivity contribution in [2.75, 3.05) is 26.6 Å². The number of fused-ring (bicyclic) bond motifs is 1. The van der Waals surface area contributed by atoms with E-state index in [1.165, 1.54) is 24.3 Å². The first-order chi connectivity index (χ1) is 30.3. The van der Waals surface area contributed by atoms with Crippen LogP contribution in [0.15, 0.2) is 126 Å². The summed E-state index contributed by atoms with van der Waals surface area (Å²) in [6, 6.07) is 33.4. The van der Waals surface area contributed by atoms with Gasteiger partial charge in [-0.1, -0.05) is 103 Å². The van der Waals surface area contributed by atoms with Gasteiger partial charge in [-0.05, 0) is 48.4 Å². The highest BCUT2D eigenvalue weighted by Crippen LogP contribution is 2.38. The first kappa shape index (κ1) is 44.3. The molecule has 3 saturated heterocycles. The normalized spacial score (nSPS) is 28.1. The smallest absolute Gasteiger partial charge is 0.338 e. The van der Waals surface area contributed by atoms with Crippen molar-refractivity contribution in [3.8, 4) is 0 Å². The quantitative estimate of drug-likeness (QED) is 0.0319. The number of nitrogens with zero attached hydrogens (tertiary/aromatic N) is 3. The summed E-state index contributed by atoms with van der Waals surface area (Å²) in [5.41, 5.74) is 10.3. The Hall–Kier alpha value is -5.72. The molecular weight excluding hydrogens is 807 g/mol. The molecule has 1 N–H and O–H groups in total. The first-order valence-electron chi connectivity index (χ1n) is 20.3. The van der Waals surface area contributed by atoms with Gasteiger partial charge in [-0.3, -0.25) is 0 Å². The molecule has 11 atom stereocenters. The third kappa shape index (κ3) is 11.0. The molecule has 7 rings (SSSR count). The van der Waals surface area contributed by atoms with Crippen molar-refractivity contribution in [3.63, 3.8) is 0 Å². The number of rotatable bonds is 17. The lowest BCUT2D eigenvalue weighted by Crippen LogP contribution is -2.67. The molecule has 326 valence electrons. The van der Waals surface area contributed by atoms with E-state index in [2.05, 4.69) is 10.0 Å². The first-order valence-corrected chi connectivity index (χ1v) is 20.3. The fourth-order valence-electron chi connectivity index (χ4n) is 7.18. The summed E-state index contributed by atoms with van der Waals surface area (Å²) in [7, 11) is 0. The Kier molecular flexibility index (Phi) is 15.6. The number of benzene rings is 4. The van der Waals surface area contributed by atoms with Crippen LogP contribution < -0.4 is 0 Å². The van der Waals surface area contributed by atoms with E-state index in [4.69, 9.17) is 52.9 Å². The average Bonchev–Trinajstić information content (AvgIpc) is 3.31. The van der Waals surface area contributed by atoms with Crippen LogP contribution in [-0.2, 0) is 47.4 Å². The lowest BCUT2D eigenvalue weighted by molar-refractivity contribution is -0.384. The Balaban J connectivity index is 1.27. The maximum absolute atomic E-state index is 14.0. The molecule has 3 aliphatic rings. The molecule has 17 heteroatoms. The van der Waals surface area contributed by atoms with Gasteiger partial charge in [0.2, 0.25) is 0 Å². The minimum absolute atomic E-state index is 0.0652. The Morgan fingerprint density at radius 1 is 0.710 bits per heavy atom. The van der Waals surface area contributed by atoms with Gasteiger partial charge in [0.1, 0.15) is 37.3 Å². The van der Waals surface area contributed by atoms with Gasteiger partial charge >= 0.3 is 17.9 Å². The van der Waals surface area contributed by atoms with E-state index >= 15 is 0 Å². The highest BCUT2D eigenvalue weighted by molar-refractivity contribution is 5.90. The van der Waals surface area contributed by atoms with Crippen LogP contribution in [0.25, 0.3) is 10.4 Å². The topological polar surface area (TPSA) is 212 Å². The largest absolute Gasteiger partial charge is 0.452 e. The van der Waals surface area contributed by atoms with Crippen molar-refractivity contribution >= 4 is 17.9 Å². The predicted molar refractivity (Wildman–Crippen MR) is 216 cm³/mol. The molecule has 11 unspecified atom stereocenters. The highest BCUT2D eigenvalue weighted by atomic mass is 16.8. The second kappa shape index (κ2) is 21.9. The third-order valence-electron chi connectivity index (χ3n) is 10.3. The van der Waals surface area contributed by atoms with Crippen LogP contribution in [0.2, 0.25) is 0 Å². The van der Waals surface area contributed by atoms with E-state index in [-0.39, 0.29) is 29.9 Å². The Morgan fingerprint density at radius 3 is 1.82 bits per heavy atom. The molecule has 3 fully saturated rings. The molecule has 0 amide bonds. The summed E-state index contributed by atoms with van der Waals surface area (Å²) in [4.78, 5) is 44.3. The van der Waals surface area contributed by atoms with Crippen molar-refractivity contribution in [3.05, 3.63) is 154 Å². The molecule has 0 spiro atoms.